The molecule has 0 radical (unpaired) electrons. The number of nitrogens with one attached hydrogen (secondary N) is 2. The highest BCUT2D eigenvalue weighted by Gasteiger charge is 2.22. The van der Waals surface area contributed by atoms with Gasteiger partial charge in [-0.2, -0.15) is 0 Å². The van der Waals surface area contributed by atoms with Gasteiger partial charge >= 0.3 is 0 Å². The first kappa shape index (κ1) is 13.3. The quantitative estimate of drug-likeness (QED) is 0.828. The molecule has 2 N–H and O–H groups in total. The Morgan fingerprint density at radius 2 is 1.70 bits per heavy atom. The molecule has 1 aromatic rings. The van der Waals surface area contributed by atoms with Crippen molar-refractivity contribution in [2.75, 3.05) is 5.32 Å². The summed E-state index contributed by atoms with van der Waals surface area (Å²) in [4.78, 5) is 12.1. The Labute approximate surface area is 119 Å². The maximum atomic E-state index is 12.1. The van der Waals surface area contributed by atoms with Crippen LogP contribution in [0.2, 0.25) is 0 Å². The van der Waals surface area contributed by atoms with Gasteiger partial charge in [0.2, 0.25) is 0 Å². The first-order valence-corrected chi connectivity index (χ1v) is 7.72. The first-order chi connectivity index (χ1) is 9.81. The summed E-state index contributed by atoms with van der Waals surface area (Å²) in [7, 11) is 0. The smallest absolute Gasteiger partial charge is 0.272 e. The minimum atomic E-state index is -0.0950. The Balaban J connectivity index is 1.55. The summed E-state index contributed by atoms with van der Waals surface area (Å²) in [5.74, 6) is 0.667. The summed E-state index contributed by atoms with van der Waals surface area (Å²) in [6, 6.07) is 4.45. The predicted octanol–water partition coefficient (Wildman–Crippen LogP) is 2.50. The molecule has 2 saturated carbocycles. The number of hydrogen-bond acceptors (Lipinski definition) is 4. The average molecular weight is 274 g/mol. The largest absolute Gasteiger partial charge is 0.366 e. The number of hydrogen-bond donors (Lipinski definition) is 2. The maximum Gasteiger partial charge on any atom is 0.272 e. The summed E-state index contributed by atoms with van der Waals surface area (Å²) in [6.45, 7) is 0. The Bertz CT molecular complexity index is 447. The van der Waals surface area contributed by atoms with Gasteiger partial charge in [0.25, 0.3) is 5.91 Å². The van der Waals surface area contributed by atoms with Crippen LogP contribution in [-0.2, 0) is 0 Å². The molecule has 1 amide bonds. The molecular formula is C15H22N4O. The zero-order valence-corrected chi connectivity index (χ0v) is 11.8. The molecule has 0 spiro atoms. The second-order valence-electron chi connectivity index (χ2n) is 5.88. The van der Waals surface area contributed by atoms with Crippen LogP contribution >= 0.6 is 0 Å². The number of aromatic nitrogens is 2. The van der Waals surface area contributed by atoms with Crippen molar-refractivity contribution in [2.24, 2.45) is 0 Å². The van der Waals surface area contributed by atoms with E-state index in [0.717, 1.165) is 18.7 Å². The van der Waals surface area contributed by atoms with Crippen LogP contribution in [0, 0.1) is 0 Å². The molecule has 108 valence electrons. The van der Waals surface area contributed by atoms with Gasteiger partial charge in [-0.15, -0.1) is 10.2 Å². The van der Waals surface area contributed by atoms with Crippen molar-refractivity contribution in [2.45, 2.75) is 63.5 Å². The summed E-state index contributed by atoms with van der Waals surface area (Å²) in [6.07, 6.45) is 9.56. The van der Waals surface area contributed by atoms with E-state index in [-0.39, 0.29) is 5.91 Å². The summed E-state index contributed by atoms with van der Waals surface area (Å²) in [5, 5.41) is 14.4. The summed E-state index contributed by atoms with van der Waals surface area (Å²) in [5.41, 5.74) is 0.413. The van der Waals surface area contributed by atoms with Crippen LogP contribution in [0.5, 0.6) is 0 Å². The zero-order chi connectivity index (χ0) is 13.8. The van der Waals surface area contributed by atoms with E-state index in [2.05, 4.69) is 20.8 Å². The van der Waals surface area contributed by atoms with E-state index in [4.69, 9.17) is 0 Å². The standard InChI is InChI=1S/C15H22N4O/c20-15(17-11-5-3-1-2-4-6-11)13-9-10-14(19-18-13)16-12-7-8-12/h9-12H,1-8H2,(H,16,19)(H,17,20). The van der Waals surface area contributed by atoms with Crippen molar-refractivity contribution in [3.63, 3.8) is 0 Å². The van der Waals surface area contributed by atoms with Gasteiger partial charge in [0.05, 0.1) is 0 Å². The van der Waals surface area contributed by atoms with Gasteiger partial charge in [-0.1, -0.05) is 25.7 Å². The van der Waals surface area contributed by atoms with E-state index in [1.165, 1.54) is 38.5 Å². The number of anilines is 1. The Hall–Kier alpha value is -1.65. The lowest BCUT2D eigenvalue weighted by atomic mass is 10.1. The lowest BCUT2D eigenvalue weighted by Gasteiger charge is -2.15. The van der Waals surface area contributed by atoms with Crippen molar-refractivity contribution in [3.8, 4) is 0 Å². The minimum absolute atomic E-state index is 0.0950. The molecule has 2 fully saturated rings. The van der Waals surface area contributed by atoms with Gasteiger partial charge in [0, 0.05) is 12.1 Å². The molecular weight excluding hydrogens is 252 g/mol. The Kier molecular flexibility index (Phi) is 4.14. The van der Waals surface area contributed by atoms with Gasteiger partial charge in [-0.3, -0.25) is 4.79 Å². The number of nitrogens with zero attached hydrogens (tertiary/aromatic N) is 2. The molecule has 3 rings (SSSR count). The topological polar surface area (TPSA) is 66.9 Å². The third-order valence-corrected chi connectivity index (χ3v) is 4.02. The molecule has 1 heterocycles. The molecule has 5 heteroatoms. The van der Waals surface area contributed by atoms with Crippen LogP contribution in [0.15, 0.2) is 12.1 Å². The van der Waals surface area contributed by atoms with Crippen molar-refractivity contribution >= 4 is 11.7 Å². The predicted molar refractivity (Wildman–Crippen MR) is 77.6 cm³/mol. The van der Waals surface area contributed by atoms with Crippen molar-refractivity contribution in [1.29, 1.82) is 0 Å². The van der Waals surface area contributed by atoms with Gasteiger partial charge in [0.15, 0.2) is 5.69 Å². The minimum Gasteiger partial charge on any atom is -0.366 e. The number of carbonyl (C=O) groups excluding carboxylic acids is 1. The summed E-state index contributed by atoms with van der Waals surface area (Å²) >= 11 is 0. The van der Waals surface area contributed by atoms with Crippen molar-refractivity contribution in [3.05, 3.63) is 17.8 Å². The van der Waals surface area contributed by atoms with Gasteiger partial charge in [-0.25, -0.2) is 0 Å². The third-order valence-electron chi connectivity index (χ3n) is 4.02. The molecule has 2 aliphatic carbocycles. The van der Waals surface area contributed by atoms with E-state index in [1.807, 2.05) is 6.07 Å². The van der Waals surface area contributed by atoms with Gasteiger partial charge in [-0.05, 0) is 37.8 Å². The highest BCUT2D eigenvalue weighted by molar-refractivity contribution is 5.92. The second-order valence-corrected chi connectivity index (χ2v) is 5.88. The van der Waals surface area contributed by atoms with Crippen LogP contribution in [0.4, 0.5) is 5.82 Å². The number of carbonyl (C=O) groups is 1. The summed E-state index contributed by atoms with van der Waals surface area (Å²) < 4.78 is 0. The number of rotatable bonds is 4. The van der Waals surface area contributed by atoms with E-state index >= 15 is 0 Å². The molecule has 0 aliphatic heterocycles. The molecule has 0 atom stereocenters. The van der Waals surface area contributed by atoms with Gasteiger partial charge in [0.1, 0.15) is 5.82 Å². The van der Waals surface area contributed by atoms with E-state index < -0.39 is 0 Å². The lowest BCUT2D eigenvalue weighted by Crippen LogP contribution is -2.35. The molecule has 5 nitrogen and oxygen atoms in total. The third kappa shape index (κ3) is 3.68. The molecule has 0 saturated heterocycles. The first-order valence-electron chi connectivity index (χ1n) is 7.72. The van der Waals surface area contributed by atoms with Crippen LogP contribution in [0.3, 0.4) is 0 Å². The fourth-order valence-corrected chi connectivity index (χ4v) is 2.65. The van der Waals surface area contributed by atoms with Crippen LogP contribution < -0.4 is 10.6 Å². The van der Waals surface area contributed by atoms with Crippen LogP contribution in [0.1, 0.15) is 61.9 Å². The van der Waals surface area contributed by atoms with E-state index in [1.54, 1.807) is 6.07 Å². The second kappa shape index (κ2) is 6.20. The Morgan fingerprint density at radius 3 is 2.30 bits per heavy atom. The normalized spacial score (nSPS) is 20.2. The highest BCUT2D eigenvalue weighted by Crippen LogP contribution is 2.23. The van der Waals surface area contributed by atoms with E-state index in [9.17, 15) is 4.79 Å². The SMILES string of the molecule is O=C(NC1CCCCCC1)c1ccc(NC2CC2)nn1. The molecule has 20 heavy (non-hydrogen) atoms. The van der Waals surface area contributed by atoms with Crippen LogP contribution in [-0.4, -0.2) is 28.2 Å². The van der Waals surface area contributed by atoms with E-state index in [0.29, 0.717) is 17.8 Å². The highest BCUT2D eigenvalue weighted by atomic mass is 16.2. The lowest BCUT2D eigenvalue weighted by molar-refractivity contribution is 0.0927. The molecule has 0 bridgehead atoms. The van der Waals surface area contributed by atoms with Crippen molar-refractivity contribution in [1.82, 2.24) is 15.5 Å². The fraction of sp³-hybridized carbons (Fsp3) is 0.667. The molecule has 2 aliphatic rings. The molecule has 0 unspecified atom stereocenters. The Morgan fingerprint density at radius 1 is 0.950 bits per heavy atom. The molecule has 1 aromatic heterocycles. The number of amides is 1. The maximum absolute atomic E-state index is 12.1. The van der Waals surface area contributed by atoms with Gasteiger partial charge < -0.3 is 10.6 Å². The fourth-order valence-electron chi connectivity index (χ4n) is 2.65. The zero-order valence-electron chi connectivity index (χ0n) is 11.8. The van der Waals surface area contributed by atoms with Crippen molar-refractivity contribution < 1.29 is 4.79 Å². The monoisotopic (exact) mass is 274 g/mol. The van der Waals surface area contributed by atoms with Crippen LogP contribution in [0.25, 0.3) is 0 Å². The molecule has 0 aromatic carbocycles. The average Bonchev–Trinajstić information content (AvgIpc) is 3.27.